The molecule has 0 saturated carbocycles. The first kappa shape index (κ1) is 18.4. The van der Waals surface area contributed by atoms with Gasteiger partial charge in [0.1, 0.15) is 6.61 Å². The van der Waals surface area contributed by atoms with E-state index in [1.54, 1.807) is 12.1 Å². The summed E-state index contributed by atoms with van der Waals surface area (Å²) in [6.07, 6.45) is 2.76. The third-order valence-electron chi connectivity index (χ3n) is 3.69. The summed E-state index contributed by atoms with van der Waals surface area (Å²) in [5.74, 6) is -0.494. The second-order valence-corrected chi connectivity index (χ2v) is 6.74. The Kier molecular flexibility index (Phi) is 5.70. The zero-order valence-corrected chi connectivity index (χ0v) is 14.6. The van der Waals surface area contributed by atoms with Crippen molar-refractivity contribution in [3.05, 3.63) is 81.4 Å². The lowest BCUT2D eigenvalue weighted by molar-refractivity contribution is -0.384. The van der Waals surface area contributed by atoms with Crippen LogP contribution in [0.2, 0.25) is 0 Å². The third-order valence-corrected chi connectivity index (χ3v) is 3.69. The van der Waals surface area contributed by atoms with Gasteiger partial charge in [0.25, 0.3) is 5.69 Å². The SMILES string of the molecule is CC(C)(C)c1ccc(COC(=O)C=Cc2cccc([N+](=O)[O-])c2)cc1. The number of rotatable bonds is 5. The Bertz CT molecular complexity index is 786. The largest absolute Gasteiger partial charge is 0.458 e. The van der Waals surface area contributed by atoms with E-state index in [-0.39, 0.29) is 17.7 Å². The molecule has 0 N–H and O–H groups in total. The molecule has 25 heavy (non-hydrogen) atoms. The van der Waals surface area contributed by atoms with E-state index in [1.165, 1.54) is 29.8 Å². The molecular weight excluding hydrogens is 318 g/mol. The minimum atomic E-state index is -0.494. The fourth-order valence-corrected chi connectivity index (χ4v) is 2.21. The molecule has 5 heteroatoms. The molecule has 0 saturated heterocycles. The summed E-state index contributed by atoms with van der Waals surface area (Å²) in [6.45, 7) is 6.60. The van der Waals surface area contributed by atoms with Crippen LogP contribution < -0.4 is 0 Å². The molecule has 0 bridgehead atoms. The lowest BCUT2D eigenvalue weighted by Crippen LogP contribution is -2.10. The van der Waals surface area contributed by atoms with Gasteiger partial charge in [-0.05, 0) is 28.2 Å². The molecule has 5 nitrogen and oxygen atoms in total. The molecule has 0 heterocycles. The molecule has 0 radical (unpaired) electrons. The van der Waals surface area contributed by atoms with Crippen LogP contribution in [0, 0.1) is 10.1 Å². The molecule has 0 aliphatic heterocycles. The summed E-state index contributed by atoms with van der Waals surface area (Å²) >= 11 is 0. The van der Waals surface area contributed by atoms with Crippen LogP contribution >= 0.6 is 0 Å². The van der Waals surface area contributed by atoms with E-state index in [1.807, 2.05) is 24.3 Å². The Morgan fingerprint density at radius 2 is 1.84 bits per heavy atom. The maximum Gasteiger partial charge on any atom is 0.331 e. The number of ether oxygens (including phenoxy) is 1. The molecule has 0 fully saturated rings. The van der Waals surface area contributed by atoms with Gasteiger partial charge in [-0.1, -0.05) is 57.2 Å². The van der Waals surface area contributed by atoms with Crippen LogP contribution in [0.4, 0.5) is 5.69 Å². The number of carbonyl (C=O) groups is 1. The summed E-state index contributed by atoms with van der Waals surface area (Å²) in [7, 11) is 0. The van der Waals surface area contributed by atoms with Crippen molar-refractivity contribution < 1.29 is 14.5 Å². The van der Waals surface area contributed by atoms with Gasteiger partial charge in [-0.15, -0.1) is 0 Å². The van der Waals surface area contributed by atoms with E-state index in [4.69, 9.17) is 4.74 Å². The minimum absolute atomic E-state index is 0.0190. The predicted molar refractivity (Wildman–Crippen MR) is 97.1 cm³/mol. The van der Waals surface area contributed by atoms with Crippen LogP contribution in [0.15, 0.2) is 54.6 Å². The number of hydrogen-bond acceptors (Lipinski definition) is 4. The Balaban J connectivity index is 1.92. The van der Waals surface area contributed by atoms with Crippen molar-refractivity contribution in [2.45, 2.75) is 32.8 Å². The first-order valence-electron chi connectivity index (χ1n) is 7.94. The Hall–Kier alpha value is -2.95. The normalized spacial score (nSPS) is 11.5. The molecule has 0 unspecified atom stereocenters. The zero-order valence-electron chi connectivity index (χ0n) is 14.6. The van der Waals surface area contributed by atoms with Gasteiger partial charge in [-0.25, -0.2) is 4.79 Å². The zero-order chi connectivity index (χ0) is 18.4. The molecule has 0 spiro atoms. The highest BCUT2D eigenvalue weighted by Crippen LogP contribution is 2.22. The number of non-ortho nitro benzene ring substituents is 1. The second-order valence-electron chi connectivity index (χ2n) is 6.74. The molecule has 2 aromatic carbocycles. The van der Waals surface area contributed by atoms with Gasteiger partial charge in [0.2, 0.25) is 0 Å². The minimum Gasteiger partial charge on any atom is -0.458 e. The van der Waals surface area contributed by atoms with Crippen LogP contribution in [0.25, 0.3) is 6.08 Å². The summed E-state index contributed by atoms with van der Waals surface area (Å²) < 4.78 is 5.19. The van der Waals surface area contributed by atoms with Crippen LogP contribution in [-0.4, -0.2) is 10.9 Å². The summed E-state index contributed by atoms with van der Waals surface area (Å²) in [5.41, 5.74) is 2.75. The van der Waals surface area contributed by atoms with Crippen LogP contribution in [0.5, 0.6) is 0 Å². The number of carbonyl (C=O) groups excluding carboxylic acids is 1. The molecule has 130 valence electrons. The number of hydrogen-bond donors (Lipinski definition) is 0. The van der Waals surface area contributed by atoms with E-state index in [0.29, 0.717) is 5.56 Å². The molecule has 0 amide bonds. The topological polar surface area (TPSA) is 69.4 Å². The van der Waals surface area contributed by atoms with Gasteiger partial charge in [-0.3, -0.25) is 10.1 Å². The molecule has 2 aromatic rings. The maximum atomic E-state index is 11.8. The van der Waals surface area contributed by atoms with Gasteiger partial charge in [0, 0.05) is 18.2 Å². The first-order chi connectivity index (χ1) is 11.8. The van der Waals surface area contributed by atoms with Crippen molar-refractivity contribution in [2.24, 2.45) is 0 Å². The predicted octanol–water partition coefficient (Wildman–Crippen LogP) is 4.65. The fraction of sp³-hybridized carbons (Fsp3) is 0.250. The van der Waals surface area contributed by atoms with E-state index >= 15 is 0 Å². The van der Waals surface area contributed by atoms with Crippen molar-refractivity contribution >= 4 is 17.7 Å². The molecule has 0 aliphatic rings. The van der Waals surface area contributed by atoms with E-state index < -0.39 is 10.9 Å². The molecule has 0 aliphatic carbocycles. The summed E-state index contributed by atoms with van der Waals surface area (Å²) in [4.78, 5) is 22.0. The highest BCUT2D eigenvalue weighted by atomic mass is 16.6. The Labute approximate surface area is 147 Å². The van der Waals surface area contributed by atoms with Crippen molar-refractivity contribution in [1.29, 1.82) is 0 Å². The van der Waals surface area contributed by atoms with E-state index in [0.717, 1.165) is 5.56 Å². The summed E-state index contributed by atoms with van der Waals surface area (Å²) in [5, 5.41) is 10.7. The maximum absolute atomic E-state index is 11.8. The number of esters is 1. The standard InChI is InChI=1S/C20H21NO4/c1-20(2,3)17-10-7-16(8-11-17)14-25-19(22)12-9-15-5-4-6-18(13-15)21(23)24/h4-13H,14H2,1-3H3. The molecule has 2 rings (SSSR count). The highest BCUT2D eigenvalue weighted by molar-refractivity contribution is 5.87. The monoisotopic (exact) mass is 339 g/mol. The fourth-order valence-electron chi connectivity index (χ4n) is 2.21. The van der Waals surface area contributed by atoms with Crippen molar-refractivity contribution in [1.82, 2.24) is 0 Å². The summed E-state index contributed by atoms with van der Waals surface area (Å²) in [6, 6.07) is 14.0. The van der Waals surface area contributed by atoms with Gasteiger partial charge in [0.15, 0.2) is 0 Å². The lowest BCUT2D eigenvalue weighted by atomic mass is 9.87. The second kappa shape index (κ2) is 7.75. The van der Waals surface area contributed by atoms with Crippen molar-refractivity contribution in [2.75, 3.05) is 0 Å². The van der Waals surface area contributed by atoms with Gasteiger partial charge >= 0.3 is 5.97 Å². The molecule has 0 aromatic heterocycles. The molecule has 0 atom stereocenters. The average molecular weight is 339 g/mol. The van der Waals surface area contributed by atoms with E-state index in [9.17, 15) is 14.9 Å². The van der Waals surface area contributed by atoms with Gasteiger partial charge in [0.05, 0.1) is 4.92 Å². The van der Waals surface area contributed by atoms with Crippen molar-refractivity contribution in [3.63, 3.8) is 0 Å². The average Bonchev–Trinajstić information content (AvgIpc) is 2.58. The Morgan fingerprint density at radius 3 is 2.44 bits per heavy atom. The third kappa shape index (κ3) is 5.57. The van der Waals surface area contributed by atoms with Crippen molar-refractivity contribution in [3.8, 4) is 0 Å². The number of nitrogens with zero attached hydrogens (tertiary/aromatic N) is 1. The van der Waals surface area contributed by atoms with Crippen LogP contribution in [0.1, 0.15) is 37.5 Å². The smallest absolute Gasteiger partial charge is 0.331 e. The number of nitro benzene ring substituents is 1. The van der Waals surface area contributed by atoms with Gasteiger partial charge in [-0.2, -0.15) is 0 Å². The number of nitro groups is 1. The van der Waals surface area contributed by atoms with Crippen LogP contribution in [0.3, 0.4) is 0 Å². The number of benzene rings is 2. The first-order valence-corrected chi connectivity index (χ1v) is 7.94. The quantitative estimate of drug-likeness (QED) is 0.344. The Morgan fingerprint density at radius 1 is 1.16 bits per heavy atom. The highest BCUT2D eigenvalue weighted by Gasteiger charge is 2.12. The molecular formula is C20H21NO4. The van der Waals surface area contributed by atoms with Crippen LogP contribution in [-0.2, 0) is 21.6 Å². The van der Waals surface area contributed by atoms with Gasteiger partial charge < -0.3 is 4.74 Å². The lowest BCUT2D eigenvalue weighted by Gasteiger charge is -2.19. The van der Waals surface area contributed by atoms with E-state index in [2.05, 4.69) is 20.8 Å².